The normalized spacial score (nSPS) is 16.0. The molecule has 0 saturated carbocycles. The maximum atomic E-state index is 12.3. The van der Waals surface area contributed by atoms with Gasteiger partial charge in [0.1, 0.15) is 0 Å². The van der Waals surface area contributed by atoms with Crippen LogP contribution in [0.5, 0.6) is 0 Å². The van der Waals surface area contributed by atoms with Gasteiger partial charge in [-0.15, -0.1) is 11.3 Å². The lowest BCUT2D eigenvalue weighted by Gasteiger charge is -2.34. The van der Waals surface area contributed by atoms with Gasteiger partial charge in [0.2, 0.25) is 17.7 Å². The highest BCUT2D eigenvalue weighted by atomic mass is 32.1. The molecule has 1 fully saturated rings. The van der Waals surface area contributed by atoms with E-state index in [9.17, 15) is 14.4 Å². The zero-order valence-electron chi connectivity index (χ0n) is 15.2. The summed E-state index contributed by atoms with van der Waals surface area (Å²) in [5, 5.41) is 5.05. The average Bonchev–Trinajstić information content (AvgIpc) is 3.11. The predicted molar refractivity (Wildman–Crippen MR) is 98.1 cm³/mol. The molecule has 2 rings (SSSR count). The van der Waals surface area contributed by atoms with Crippen molar-refractivity contribution in [3.63, 3.8) is 0 Å². The smallest absolute Gasteiger partial charge is 0.223 e. The third-order valence-electron chi connectivity index (χ3n) is 4.48. The monoisotopic (exact) mass is 365 g/mol. The lowest BCUT2D eigenvalue weighted by Crippen LogP contribution is -2.50. The summed E-state index contributed by atoms with van der Waals surface area (Å²) < 4.78 is 0. The fraction of sp³-hybridized carbons (Fsp3) is 0.611. The molecule has 1 atom stereocenters. The van der Waals surface area contributed by atoms with Crippen molar-refractivity contribution in [1.82, 2.24) is 15.1 Å². The molecule has 25 heavy (non-hydrogen) atoms. The summed E-state index contributed by atoms with van der Waals surface area (Å²) in [5.74, 6) is 0.219. The van der Waals surface area contributed by atoms with E-state index in [0.29, 0.717) is 26.2 Å². The number of rotatable bonds is 6. The molecule has 0 bridgehead atoms. The van der Waals surface area contributed by atoms with Crippen molar-refractivity contribution in [3.8, 4) is 0 Å². The molecule has 1 aliphatic heterocycles. The van der Waals surface area contributed by atoms with E-state index in [-0.39, 0.29) is 42.5 Å². The van der Waals surface area contributed by atoms with Crippen LogP contribution in [0.1, 0.15) is 44.5 Å². The van der Waals surface area contributed by atoms with Crippen LogP contribution in [-0.4, -0.2) is 53.7 Å². The maximum Gasteiger partial charge on any atom is 0.223 e. The van der Waals surface area contributed by atoms with Gasteiger partial charge in [0.15, 0.2) is 0 Å². The third-order valence-corrected chi connectivity index (χ3v) is 5.43. The van der Waals surface area contributed by atoms with Gasteiger partial charge < -0.3 is 15.1 Å². The first kappa shape index (κ1) is 19.4. The summed E-state index contributed by atoms with van der Waals surface area (Å²) in [6.07, 6.45) is 0.404. The van der Waals surface area contributed by atoms with E-state index in [2.05, 4.69) is 19.2 Å². The van der Waals surface area contributed by atoms with E-state index in [0.717, 1.165) is 4.88 Å². The first-order valence-electron chi connectivity index (χ1n) is 8.74. The van der Waals surface area contributed by atoms with Crippen LogP contribution in [0.2, 0.25) is 0 Å². The molecule has 0 unspecified atom stereocenters. The van der Waals surface area contributed by atoms with Crippen LogP contribution in [-0.2, 0) is 14.4 Å². The summed E-state index contributed by atoms with van der Waals surface area (Å²) in [5.41, 5.74) is 0. The molecule has 3 amide bonds. The van der Waals surface area contributed by atoms with Crippen molar-refractivity contribution < 1.29 is 14.4 Å². The number of hydrogen-bond donors (Lipinski definition) is 1. The quantitative estimate of drug-likeness (QED) is 0.839. The highest BCUT2D eigenvalue weighted by Gasteiger charge is 2.24. The zero-order valence-corrected chi connectivity index (χ0v) is 16.0. The fourth-order valence-electron chi connectivity index (χ4n) is 2.93. The van der Waals surface area contributed by atoms with Crippen LogP contribution < -0.4 is 5.32 Å². The number of amides is 3. The second-order valence-electron chi connectivity index (χ2n) is 6.69. The Labute approximate surface area is 153 Å². The number of hydrogen-bond acceptors (Lipinski definition) is 4. The standard InChI is InChI=1S/C18H27N3O3S/c1-13(2)18(15-5-4-12-25-15)19-16(23)6-7-17(24)21-10-8-20(9-11-21)14(3)22/h4-5,12-13,18H,6-11H2,1-3H3,(H,19,23)/t18-/m1/s1. The summed E-state index contributed by atoms with van der Waals surface area (Å²) in [4.78, 5) is 40.5. The number of nitrogens with one attached hydrogen (secondary N) is 1. The van der Waals surface area contributed by atoms with Gasteiger partial charge in [-0.1, -0.05) is 19.9 Å². The lowest BCUT2D eigenvalue weighted by atomic mass is 10.0. The van der Waals surface area contributed by atoms with Gasteiger partial charge in [0.05, 0.1) is 6.04 Å². The minimum absolute atomic E-state index is 0.0123. The van der Waals surface area contributed by atoms with Crippen LogP contribution in [0.4, 0.5) is 0 Å². The molecule has 1 aromatic heterocycles. The molecule has 7 heteroatoms. The Bertz CT molecular complexity index is 593. The van der Waals surface area contributed by atoms with Crippen molar-refractivity contribution in [3.05, 3.63) is 22.4 Å². The summed E-state index contributed by atoms with van der Waals surface area (Å²) in [6, 6.07) is 3.99. The second kappa shape index (κ2) is 8.99. The molecule has 0 aliphatic carbocycles. The Morgan fingerprint density at radius 1 is 1.12 bits per heavy atom. The summed E-state index contributed by atoms with van der Waals surface area (Å²) in [7, 11) is 0. The van der Waals surface area contributed by atoms with Gasteiger partial charge in [-0.2, -0.15) is 0 Å². The minimum atomic E-state index is -0.0946. The summed E-state index contributed by atoms with van der Waals surface area (Å²) >= 11 is 1.63. The van der Waals surface area contributed by atoms with Crippen molar-refractivity contribution in [2.24, 2.45) is 5.92 Å². The molecular formula is C18H27N3O3S. The SMILES string of the molecule is CC(=O)N1CCN(C(=O)CCC(=O)N[C@@H](c2cccs2)C(C)C)CC1. The molecule has 0 spiro atoms. The third kappa shape index (κ3) is 5.56. The zero-order chi connectivity index (χ0) is 18.4. The van der Waals surface area contributed by atoms with Crippen molar-refractivity contribution in [2.75, 3.05) is 26.2 Å². The molecule has 1 aliphatic rings. The van der Waals surface area contributed by atoms with Gasteiger partial charge in [-0.3, -0.25) is 14.4 Å². The topological polar surface area (TPSA) is 69.7 Å². The molecular weight excluding hydrogens is 338 g/mol. The van der Waals surface area contributed by atoms with Crippen LogP contribution in [0.25, 0.3) is 0 Å². The number of thiophene rings is 1. The molecule has 2 heterocycles. The first-order valence-corrected chi connectivity index (χ1v) is 9.62. The average molecular weight is 365 g/mol. The van der Waals surface area contributed by atoms with Gasteiger partial charge in [-0.05, 0) is 17.4 Å². The minimum Gasteiger partial charge on any atom is -0.348 e. The van der Waals surface area contributed by atoms with E-state index in [4.69, 9.17) is 0 Å². The van der Waals surface area contributed by atoms with Crippen LogP contribution in [0.3, 0.4) is 0 Å². The Morgan fingerprint density at radius 3 is 2.28 bits per heavy atom. The van der Waals surface area contributed by atoms with Gasteiger partial charge in [0, 0.05) is 50.8 Å². The molecule has 1 aromatic rings. The maximum absolute atomic E-state index is 12.3. The number of piperazine rings is 1. The summed E-state index contributed by atoms with van der Waals surface area (Å²) in [6.45, 7) is 7.92. The van der Waals surface area contributed by atoms with Gasteiger partial charge in [0.25, 0.3) is 0 Å². The Hall–Kier alpha value is -1.89. The molecule has 6 nitrogen and oxygen atoms in total. The number of carbonyl (C=O) groups excluding carboxylic acids is 3. The number of carbonyl (C=O) groups is 3. The van der Waals surface area contributed by atoms with E-state index in [1.807, 2.05) is 17.5 Å². The Kier molecular flexibility index (Phi) is 6.99. The number of nitrogens with zero attached hydrogens (tertiary/aromatic N) is 2. The van der Waals surface area contributed by atoms with E-state index in [1.165, 1.54) is 0 Å². The first-order chi connectivity index (χ1) is 11.9. The lowest BCUT2D eigenvalue weighted by molar-refractivity contribution is -0.139. The molecule has 138 valence electrons. The Balaban J connectivity index is 1.77. The van der Waals surface area contributed by atoms with E-state index >= 15 is 0 Å². The Morgan fingerprint density at radius 2 is 1.76 bits per heavy atom. The molecule has 0 aromatic carbocycles. The van der Waals surface area contributed by atoms with E-state index in [1.54, 1.807) is 28.1 Å². The molecule has 1 N–H and O–H groups in total. The highest BCUT2D eigenvalue weighted by Crippen LogP contribution is 2.25. The van der Waals surface area contributed by atoms with Crippen molar-refractivity contribution in [2.45, 2.75) is 39.7 Å². The second-order valence-corrected chi connectivity index (χ2v) is 7.67. The highest BCUT2D eigenvalue weighted by molar-refractivity contribution is 7.10. The van der Waals surface area contributed by atoms with Crippen molar-refractivity contribution in [1.29, 1.82) is 0 Å². The van der Waals surface area contributed by atoms with Gasteiger partial charge in [-0.25, -0.2) is 0 Å². The largest absolute Gasteiger partial charge is 0.348 e. The molecule has 0 radical (unpaired) electrons. The molecule has 1 saturated heterocycles. The van der Waals surface area contributed by atoms with Crippen LogP contribution in [0, 0.1) is 5.92 Å². The predicted octanol–water partition coefficient (Wildman–Crippen LogP) is 2.03. The fourth-order valence-corrected chi connectivity index (χ4v) is 3.88. The van der Waals surface area contributed by atoms with Crippen LogP contribution >= 0.6 is 11.3 Å². The van der Waals surface area contributed by atoms with E-state index < -0.39 is 0 Å². The van der Waals surface area contributed by atoms with Crippen molar-refractivity contribution >= 4 is 29.1 Å². The van der Waals surface area contributed by atoms with Crippen LogP contribution in [0.15, 0.2) is 17.5 Å². The van der Waals surface area contributed by atoms with Gasteiger partial charge >= 0.3 is 0 Å².